The molecule has 0 saturated carbocycles. The molecule has 0 aliphatic heterocycles. The van der Waals surface area contributed by atoms with Crippen molar-refractivity contribution >= 4 is 28.3 Å². The summed E-state index contributed by atoms with van der Waals surface area (Å²) in [4.78, 5) is 12.5. The van der Waals surface area contributed by atoms with Crippen molar-refractivity contribution in [1.82, 2.24) is 5.32 Å². The van der Waals surface area contributed by atoms with Crippen molar-refractivity contribution in [3.8, 4) is 0 Å². The summed E-state index contributed by atoms with van der Waals surface area (Å²) in [5, 5.41) is 4.09. The topological polar surface area (TPSA) is 29.1 Å². The Morgan fingerprint density at radius 1 is 1.19 bits per heavy atom. The van der Waals surface area contributed by atoms with Gasteiger partial charge in [-0.25, -0.2) is 4.39 Å². The zero-order valence-corrected chi connectivity index (χ0v) is 13.0. The third-order valence-corrected chi connectivity index (χ3v) is 3.88. The molecule has 0 spiro atoms. The number of halogens is 2. The number of alkyl halides is 1. The van der Waals surface area contributed by atoms with E-state index in [1.165, 1.54) is 12.1 Å². The highest BCUT2D eigenvalue weighted by molar-refractivity contribution is 6.17. The first-order chi connectivity index (χ1) is 10.0. The number of benzene rings is 2. The van der Waals surface area contributed by atoms with Crippen molar-refractivity contribution < 1.29 is 9.18 Å². The largest absolute Gasteiger partial charge is 0.349 e. The van der Waals surface area contributed by atoms with Gasteiger partial charge in [0.2, 0.25) is 0 Å². The Labute approximate surface area is 129 Å². The standard InChI is InChI=1S/C17H19ClFNO/c1-11(2)16(9-10-18)20-17(21)14-7-8-15(19)13-6-4-3-5-12(13)14/h3-8,11,16H,9-10H2,1-2H3,(H,20,21). The summed E-state index contributed by atoms with van der Waals surface area (Å²) in [7, 11) is 0. The van der Waals surface area contributed by atoms with Gasteiger partial charge in [0.25, 0.3) is 5.91 Å². The molecule has 0 saturated heterocycles. The first-order valence-corrected chi connectivity index (χ1v) is 7.62. The molecule has 4 heteroatoms. The van der Waals surface area contributed by atoms with E-state index in [0.717, 1.165) is 0 Å². The van der Waals surface area contributed by atoms with E-state index in [1.54, 1.807) is 24.3 Å². The normalized spacial score (nSPS) is 12.6. The monoisotopic (exact) mass is 307 g/mol. The third kappa shape index (κ3) is 3.53. The zero-order chi connectivity index (χ0) is 15.4. The van der Waals surface area contributed by atoms with Crippen molar-refractivity contribution in [3.05, 3.63) is 47.8 Å². The van der Waals surface area contributed by atoms with Gasteiger partial charge in [0, 0.05) is 22.9 Å². The Balaban J connectivity index is 2.33. The fourth-order valence-electron chi connectivity index (χ4n) is 2.40. The summed E-state index contributed by atoms with van der Waals surface area (Å²) in [5.74, 6) is 0.283. The minimum atomic E-state index is -0.316. The molecule has 1 atom stereocenters. The van der Waals surface area contributed by atoms with E-state index in [9.17, 15) is 9.18 Å². The predicted octanol–water partition coefficient (Wildman–Crippen LogP) is 4.36. The second-order valence-electron chi connectivity index (χ2n) is 5.44. The van der Waals surface area contributed by atoms with Crippen LogP contribution in [0, 0.1) is 11.7 Å². The quantitative estimate of drug-likeness (QED) is 0.817. The highest BCUT2D eigenvalue weighted by Gasteiger charge is 2.18. The van der Waals surface area contributed by atoms with Crippen molar-refractivity contribution in [2.45, 2.75) is 26.3 Å². The Kier molecular flexibility index (Phi) is 5.18. The highest BCUT2D eigenvalue weighted by Crippen LogP contribution is 2.22. The average Bonchev–Trinajstić information content (AvgIpc) is 2.47. The molecule has 1 unspecified atom stereocenters. The van der Waals surface area contributed by atoms with E-state index in [0.29, 0.717) is 34.6 Å². The molecule has 0 aromatic heterocycles. The maximum absolute atomic E-state index is 13.8. The molecule has 2 rings (SSSR count). The van der Waals surface area contributed by atoms with Crippen LogP contribution in [0.4, 0.5) is 4.39 Å². The number of hydrogen-bond acceptors (Lipinski definition) is 1. The van der Waals surface area contributed by atoms with E-state index in [-0.39, 0.29) is 17.8 Å². The summed E-state index contributed by atoms with van der Waals surface area (Å²) >= 11 is 5.78. The maximum atomic E-state index is 13.8. The first kappa shape index (κ1) is 15.8. The van der Waals surface area contributed by atoms with Gasteiger partial charge < -0.3 is 5.32 Å². The van der Waals surface area contributed by atoms with Gasteiger partial charge in [-0.15, -0.1) is 11.6 Å². The summed E-state index contributed by atoms with van der Waals surface area (Å²) in [6, 6.07) is 9.89. The van der Waals surface area contributed by atoms with Crippen LogP contribution < -0.4 is 5.32 Å². The van der Waals surface area contributed by atoms with E-state index in [1.807, 2.05) is 13.8 Å². The molecular formula is C17H19ClFNO. The van der Waals surface area contributed by atoms with Gasteiger partial charge in [-0.3, -0.25) is 4.79 Å². The van der Waals surface area contributed by atoms with Gasteiger partial charge in [-0.1, -0.05) is 38.1 Å². The van der Waals surface area contributed by atoms with Crippen molar-refractivity contribution in [2.24, 2.45) is 5.92 Å². The minimum Gasteiger partial charge on any atom is -0.349 e. The average molecular weight is 308 g/mol. The number of amides is 1. The SMILES string of the molecule is CC(C)C(CCCl)NC(=O)c1ccc(F)c2ccccc12. The minimum absolute atomic E-state index is 0.0128. The Hall–Kier alpha value is -1.61. The van der Waals surface area contributed by atoms with Gasteiger partial charge >= 0.3 is 0 Å². The molecular weight excluding hydrogens is 289 g/mol. The van der Waals surface area contributed by atoms with Gasteiger partial charge in [-0.2, -0.15) is 0 Å². The smallest absolute Gasteiger partial charge is 0.252 e. The number of nitrogens with one attached hydrogen (secondary N) is 1. The van der Waals surface area contributed by atoms with Crippen molar-refractivity contribution in [3.63, 3.8) is 0 Å². The van der Waals surface area contributed by atoms with E-state index in [4.69, 9.17) is 11.6 Å². The summed E-state index contributed by atoms with van der Waals surface area (Å²) < 4.78 is 13.8. The van der Waals surface area contributed by atoms with Crippen LogP contribution in [0.25, 0.3) is 10.8 Å². The molecule has 2 aromatic rings. The number of fused-ring (bicyclic) bond motifs is 1. The summed E-state index contributed by atoms with van der Waals surface area (Å²) in [6.07, 6.45) is 0.712. The molecule has 0 radical (unpaired) electrons. The van der Waals surface area contributed by atoms with E-state index >= 15 is 0 Å². The van der Waals surface area contributed by atoms with E-state index < -0.39 is 0 Å². The third-order valence-electron chi connectivity index (χ3n) is 3.66. The lowest BCUT2D eigenvalue weighted by Crippen LogP contribution is -2.39. The van der Waals surface area contributed by atoms with Crippen LogP contribution in [0.15, 0.2) is 36.4 Å². The molecule has 0 aliphatic carbocycles. The van der Waals surface area contributed by atoms with Crippen LogP contribution in [0.5, 0.6) is 0 Å². The molecule has 112 valence electrons. The van der Waals surface area contributed by atoms with Gasteiger partial charge in [0.05, 0.1) is 0 Å². The van der Waals surface area contributed by atoms with Crippen LogP contribution in [0.3, 0.4) is 0 Å². The number of carbonyl (C=O) groups excluding carboxylic acids is 1. The Morgan fingerprint density at radius 3 is 2.48 bits per heavy atom. The molecule has 21 heavy (non-hydrogen) atoms. The molecule has 1 N–H and O–H groups in total. The fraction of sp³-hybridized carbons (Fsp3) is 0.353. The highest BCUT2D eigenvalue weighted by atomic mass is 35.5. The van der Waals surface area contributed by atoms with Gasteiger partial charge in [-0.05, 0) is 29.9 Å². The molecule has 0 heterocycles. The van der Waals surface area contributed by atoms with Gasteiger partial charge in [0.1, 0.15) is 5.82 Å². The Bertz CT molecular complexity index is 642. The fourth-order valence-corrected chi connectivity index (χ4v) is 2.63. The van der Waals surface area contributed by atoms with Crippen LogP contribution in [0.1, 0.15) is 30.6 Å². The molecule has 2 nitrogen and oxygen atoms in total. The second kappa shape index (κ2) is 6.90. The number of rotatable bonds is 5. The summed E-state index contributed by atoms with van der Waals surface area (Å²) in [6.45, 7) is 4.08. The molecule has 1 amide bonds. The number of carbonyl (C=O) groups is 1. The van der Waals surface area contributed by atoms with Crippen LogP contribution in [-0.2, 0) is 0 Å². The van der Waals surface area contributed by atoms with Crippen molar-refractivity contribution in [2.75, 3.05) is 5.88 Å². The van der Waals surface area contributed by atoms with E-state index in [2.05, 4.69) is 5.32 Å². The van der Waals surface area contributed by atoms with Gasteiger partial charge in [0.15, 0.2) is 0 Å². The summed E-state index contributed by atoms with van der Waals surface area (Å²) in [5.41, 5.74) is 0.493. The first-order valence-electron chi connectivity index (χ1n) is 7.08. The zero-order valence-electron chi connectivity index (χ0n) is 12.2. The molecule has 0 bridgehead atoms. The van der Waals surface area contributed by atoms with Crippen LogP contribution in [0.2, 0.25) is 0 Å². The molecule has 2 aromatic carbocycles. The van der Waals surface area contributed by atoms with Crippen LogP contribution in [-0.4, -0.2) is 17.8 Å². The number of hydrogen-bond donors (Lipinski definition) is 1. The maximum Gasteiger partial charge on any atom is 0.252 e. The predicted molar refractivity (Wildman–Crippen MR) is 85.3 cm³/mol. The molecule has 0 fully saturated rings. The molecule has 0 aliphatic rings. The lowest BCUT2D eigenvalue weighted by atomic mass is 9.99. The van der Waals surface area contributed by atoms with Crippen molar-refractivity contribution in [1.29, 1.82) is 0 Å². The lowest BCUT2D eigenvalue weighted by Gasteiger charge is -2.22. The van der Waals surface area contributed by atoms with Crippen LogP contribution >= 0.6 is 11.6 Å². The Morgan fingerprint density at radius 2 is 1.86 bits per heavy atom. The second-order valence-corrected chi connectivity index (χ2v) is 5.82. The lowest BCUT2D eigenvalue weighted by molar-refractivity contribution is 0.0926.